The quantitative estimate of drug-likeness (QED) is 0.452. The molecule has 1 saturated carbocycles. The van der Waals surface area contributed by atoms with Crippen molar-refractivity contribution in [1.82, 2.24) is 5.32 Å². The van der Waals surface area contributed by atoms with E-state index in [1.165, 1.54) is 44.9 Å². The molecule has 0 bridgehead atoms. The fourth-order valence-corrected chi connectivity index (χ4v) is 3.04. The Labute approximate surface area is 129 Å². The van der Waals surface area contributed by atoms with Gasteiger partial charge in [0.1, 0.15) is 0 Å². The van der Waals surface area contributed by atoms with Gasteiger partial charge in [-0.1, -0.05) is 70.5 Å². The zero-order valence-corrected chi connectivity index (χ0v) is 13.7. The van der Waals surface area contributed by atoms with Crippen LogP contribution < -0.4 is 11.1 Å². The highest BCUT2D eigenvalue weighted by atomic mass is 32.1. The van der Waals surface area contributed by atoms with Crippen molar-refractivity contribution < 1.29 is 4.79 Å². The topological polar surface area (TPSA) is 55.1 Å². The molecule has 0 aliphatic heterocycles. The highest BCUT2D eigenvalue weighted by molar-refractivity contribution is 7.80. The molecular weight excluding hydrogens is 268 g/mol. The van der Waals surface area contributed by atoms with E-state index in [9.17, 15) is 4.79 Å². The molecule has 1 aliphatic rings. The van der Waals surface area contributed by atoms with Gasteiger partial charge in [-0.15, -0.1) is 0 Å². The lowest BCUT2D eigenvalue weighted by molar-refractivity contribution is -0.130. The molecule has 0 saturated heterocycles. The number of carbonyl (C=O) groups excluding carboxylic acids is 1. The van der Waals surface area contributed by atoms with E-state index < -0.39 is 5.41 Å². The molecule has 0 aromatic heterocycles. The minimum Gasteiger partial charge on any atom is -0.392 e. The minimum atomic E-state index is -0.518. The smallest absolute Gasteiger partial charge is 0.233 e. The van der Waals surface area contributed by atoms with E-state index in [1.807, 2.05) is 0 Å². The molecule has 1 fully saturated rings. The molecule has 0 spiro atoms. The highest BCUT2D eigenvalue weighted by Crippen LogP contribution is 2.41. The van der Waals surface area contributed by atoms with E-state index in [1.54, 1.807) is 0 Å². The third-order valence-electron chi connectivity index (χ3n) is 4.43. The molecule has 0 unspecified atom stereocenters. The van der Waals surface area contributed by atoms with Crippen LogP contribution >= 0.6 is 12.2 Å². The summed E-state index contributed by atoms with van der Waals surface area (Å²) in [5.74, 6) is 0.0548. The predicted molar refractivity (Wildman–Crippen MR) is 88.7 cm³/mol. The molecule has 1 rings (SSSR count). The number of hydrogen-bond donors (Lipinski definition) is 2. The zero-order valence-electron chi connectivity index (χ0n) is 12.9. The first kappa shape index (κ1) is 17.4. The molecule has 0 heterocycles. The normalized spacial score (nSPS) is 16.4. The van der Waals surface area contributed by atoms with Gasteiger partial charge in [0.25, 0.3) is 0 Å². The number of rotatable bonds is 11. The number of thiocarbonyl (C=S) groups is 1. The lowest BCUT2D eigenvalue weighted by Gasteiger charge is -2.39. The third kappa shape index (κ3) is 5.04. The second-order valence-corrected chi connectivity index (χ2v) is 6.47. The number of unbranched alkanes of at least 4 members (excludes halogenated alkanes) is 7. The van der Waals surface area contributed by atoms with Gasteiger partial charge in [0.05, 0.1) is 10.4 Å². The van der Waals surface area contributed by atoms with Gasteiger partial charge in [0.15, 0.2) is 0 Å². The van der Waals surface area contributed by atoms with Crippen LogP contribution in [0.5, 0.6) is 0 Å². The summed E-state index contributed by atoms with van der Waals surface area (Å²) >= 11 is 5.04. The van der Waals surface area contributed by atoms with Crippen molar-refractivity contribution in [2.75, 3.05) is 6.54 Å². The van der Waals surface area contributed by atoms with Crippen LogP contribution in [0, 0.1) is 5.41 Å². The molecule has 3 nitrogen and oxygen atoms in total. The van der Waals surface area contributed by atoms with Gasteiger partial charge in [0, 0.05) is 6.54 Å². The fraction of sp³-hybridized carbons (Fsp3) is 0.875. The van der Waals surface area contributed by atoms with Crippen molar-refractivity contribution in [3.63, 3.8) is 0 Å². The molecule has 0 aromatic carbocycles. The average molecular weight is 298 g/mol. The maximum atomic E-state index is 12.1. The van der Waals surface area contributed by atoms with Gasteiger partial charge in [-0.05, 0) is 19.3 Å². The lowest BCUT2D eigenvalue weighted by atomic mass is 9.68. The number of nitrogens with one attached hydrogen (secondary N) is 1. The summed E-state index contributed by atoms with van der Waals surface area (Å²) in [6.07, 6.45) is 13.0. The summed E-state index contributed by atoms with van der Waals surface area (Å²) in [5.41, 5.74) is 5.20. The monoisotopic (exact) mass is 298 g/mol. The fourth-order valence-electron chi connectivity index (χ4n) is 2.75. The van der Waals surface area contributed by atoms with Crippen LogP contribution in [-0.2, 0) is 4.79 Å². The van der Waals surface area contributed by atoms with Crippen molar-refractivity contribution in [1.29, 1.82) is 0 Å². The number of amides is 1. The van der Waals surface area contributed by atoms with E-state index >= 15 is 0 Å². The molecule has 116 valence electrons. The van der Waals surface area contributed by atoms with Crippen LogP contribution in [-0.4, -0.2) is 17.4 Å². The van der Waals surface area contributed by atoms with Crippen molar-refractivity contribution in [3.05, 3.63) is 0 Å². The van der Waals surface area contributed by atoms with Gasteiger partial charge in [-0.2, -0.15) is 0 Å². The Bertz CT molecular complexity index is 314. The molecule has 4 heteroatoms. The van der Waals surface area contributed by atoms with Crippen LogP contribution in [0.3, 0.4) is 0 Å². The number of carbonyl (C=O) groups is 1. The predicted octanol–water partition coefficient (Wildman–Crippen LogP) is 3.70. The largest absolute Gasteiger partial charge is 0.392 e. The van der Waals surface area contributed by atoms with E-state index in [-0.39, 0.29) is 5.91 Å². The average Bonchev–Trinajstić information content (AvgIpc) is 2.35. The van der Waals surface area contributed by atoms with E-state index in [2.05, 4.69) is 12.2 Å². The van der Waals surface area contributed by atoms with Crippen molar-refractivity contribution in [2.45, 2.75) is 77.6 Å². The first-order valence-electron chi connectivity index (χ1n) is 8.21. The van der Waals surface area contributed by atoms with Gasteiger partial charge in [-0.3, -0.25) is 4.79 Å². The Balaban J connectivity index is 2.01. The molecule has 3 N–H and O–H groups in total. The molecule has 1 amide bonds. The summed E-state index contributed by atoms with van der Waals surface area (Å²) in [6, 6.07) is 0. The zero-order chi connectivity index (χ0) is 14.8. The Kier molecular flexibility index (Phi) is 8.12. The van der Waals surface area contributed by atoms with Crippen molar-refractivity contribution in [2.24, 2.45) is 11.1 Å². The maximum absolute atomic E-state index is 12.1. The molecule has 1 aliphatic carbocycles. The number of nitrogens with two attached hydrogens (primary N) is 1. The standard InChI is InChI=1S/C16H30N2OS/c1-2-3-4-5-6-7-8-9-13-18-15(19)16(14(17)20)11-10-12-16/h2-13H2,1H3,(H2,17,20)(H,18,19). The first-order valence-corrected chi connectivity index (χ1v) is 8.62. The lowest BCUT2D eigenvalue weighted by Crippen LogP contribution is -2.53. The Morgan fingerprint density at radius 3 is 2.10 bits per heavy atom. The van der Waals surface area contributed by atoms with Crippen molar-refractivity contribution in [3.8, 4) is 0 Å². The SMILES string of the molecule is CCCCCCCCCCNC(=O)C1(C(N)=S)CCC1. The van der Waals surface area contributed by atoms with Crippen LogP contribution in [0.1, 0.15) is 77.6 Å². The molecule has 20 heavy (non-hydrogen) atoms. The van der Waals surface area contributed by atoms with Crippen LogP contribution in [0.4, 0.5) is 0 Å². The maximum Gasteiger partial charge on any atom is 0.233 e. The van der Waals surface area contributed by atoms with Gasteiger partial charge < -0.3 is 11.1 Å². The summed E-state index contributed by atoms with van der Waals surface area (Å²) < 4.78 is 0. The third-order valence-corrected chi connectivity index (χ3v) is 4.82. The summed E-state index contributed by atoms with van der Waals surface area (Å²) in [4.78, 5) is 12.5. The summed E-state index contributed by atoms with van der Waals surface area (Å²) in [6.45, 7) is 3.00. The first-order chi connectivity index (χ1) is 9.63. The van der Waals surface area contributed by atoms with Gasteiger partial charge in [0.2, 0.25) is 5.91 Å². The van der Waals surface area contributed by atoms with Gasteiger partial charge >= 0.3 is 0 Å². The van der Waals surface area contributed by atoms with Crippen LogP contribution in [0.15, 0.2) is 0 Å². The van der Waals surface area contributed by atoms with E-state index in [0.29, 0.717) is 4.99 Å². The Morgan fingerprint density at radius 2 is 1.65 bits per heavy atom. The summed E-state index contributed by atoms with van der Waals surface area (Å²) in [5, 5.41) is 3.01. The highest BCUT2D eigenvalue weighted by Gasteiger charge is 2.46. The van der Waals surface area contributed by atoms with Crippen LogP contribution in [0.25, 0.3) is 0 Å². The van der Waals surface area contributed by atoms with Crippen LogP contribution in [0.2, 0.25) is 0 Å². The second-order valence-electron chi connectivity index (χ2n) is 6.03. The molecular formula is C16H30N2OS. The van der Waals surface area contributed by atoms with Gasteiger partial charge in [-0.25, -0.2) is 0 Å². The van der Waals surface area contributed by atoms with E-state index in [0.717, 1.165) is 32.2 Å². The molecule has 0 aromatic rings. The second kappa shape index (κ2) is 9.32. The van der Waals surface area contributed by atoms with Crippen molar-refractivity contribution >= 4 is 23.1 Å². The molecule has 0 atom stereocenters. The Morgan fingerprint density at radius 1 is 1.10 bits per heavy atom. The summed E-state index contributed by atoms with van der Waals surface area (Å²) in [7, 11) is 0. The van der Waals surface area contributed by atoms with E-state index in [4.69, 9.17) is 18.0 Å². The minimum absolute atomic E-state index is 0.0548. The molecule has 0 radical (unpaired) electrons. The number of hydrogen-bond acceptors (Lipinski definition) is 2. The Hall–Kier alpha value is -0.640.